The molecule has 0 unspecified atom stereocenters. The molecule has 1 aromatic carbocycles. The first-order valence-electron chi connectivity index (χ1n) is 8.00. The molecule has 0 atom stereocenters. The molecular weight excluding hydrogens is 372 g/mol. The zero-order chi connectivity index (χ0) is 18.7. The van der Waals surface area contributed by atoms with Crippen LogP contribution in [-0.2, 0) is 11.2 Å². The molecular formula is C18H17ClN4O2S. The van der Waals surface area contributed by atoms with Gasteiger partial charge >= 0.3 is 0 Å². The Morgan fingerprint density at radius 3 is 2.77 bits per heavy atom. The van der Waals surface area contributed by atoms with Crippen LogP contribution in [0.2, 0.25) is 5.02 Å². The lowest BCUT2D eigenvalue weighted by atomic mass is 10.1. The third-order valence-electron chi connectivity index (χ3n) is 3.84. The zero-order valence-electron chi connectivity index (χ0n) is 14.3. The van der Waals surface area contributed by atoms with E-state index in [9.17, 15) is 9.59 Å². The number of H-pyrrole nitrogens is 1. The van der Waals surface area contributed by atoms with Gasteiger partial charge in [-0.3, -0.25) is 9.59 Å². The van der Waals surface area contributed by atoms with Gasteiger partial charge in [0.15, 0.2) is 5.13 Å². The molecule has 1 amide bonds. The summed E-state index contributed by atoms with van der Waals surface area (Å²) in [5, 5.41) is 5.71. The number of aryl methyl sites for hydroxylation is 2. The van der Waals surface area contributed by atoms with Crippen LogP contribution in [0.3, 0.4) is 0 Å². The van der Waals surface area contributed by atoms with Crippen LogP contribution in [0.15, 0.2) is 34.4 Å². The highest BCUT2D eigenvalue weighted by atomic mass is 35.5. The van der Waals surface area contributed by atoms with Crippen molar-refractivity contribution in [2.24, 2.45) is 0 Å². The third kappa shape index (κ3) is 4.17. The van der Waals surface area contributed by atoms with Crippen LogP contribution >= 0.6 is 22.9 Å². The summed E-state index contributed by atoms with van der Waals surface area (Å²) < 4.78 is 0. The van der Waals surface area contributed by atoms with Gasteiger partial charge in [-0.25, -0.2) is 9.97 Å². The third-order valence-corrected chi connectivity index (χ3v) is 4.93. The summed E-state index contributed by atoms with van der Waals surface area (Å²) in [7, 11) is 0. The van der Waals surface area contributed by atoms with E-state index >= 15 is 0 Å². The topological polar surface area (TPSA) is 87.7 Å². The molecule has 0 spiro atoms. The van der Waals surface area contributed by atoms with Crippen LogP contribution in [-0.4, -0.2) is 20.9 Å². The van der Waals surface area contributed by atoms with Gasteiger partial charge < -0.3 is 10.3 Å². The molecule has 0 aliphatic carbocycles. The van der Waals surface area contributed by atoms with Crippen LogP contribution in [0, 0.1) is 13.8 Å². The summed E-state index contributed by atoms with van der Waals surface area (Å²) in [4.78, 5) is 35.5. The Bertz CT molecular complexity index is 1010. The van der Waals surface area contributed by atoms with Gasteiger partial charge in [-0.15, -0.1) is 11.3 Å². The van der Waals surface area contributed by atoms with Crippen molar-refractivity contribution in [1.29, 1.82) is 0 Å². The number of amides is 1. The Balaban J connectivity index is 1.65. The van der Waals surface area contributed by atoms with Crippen molar-refractivity contribution in [3.8, 4) is 11.3 Å². The van der Waals surface area contributed by atoms with E-state index < -0.39 is 0 Å². The van der Waals surface area contributed by atoms with Crippen molar-refractivity contribution in [3.05, 3.63) is 62.1 Å². The second-order valence-electron chi connectivity index (χ2n) is 5.78. The van der Waals surface area contributed by atoms with E-state index in [1.807, 2.05) is 23.6 Å². The molecule has 2 aromatic heterocycles. The quantitative estimate of drug-likeness (QED) is 0.697. The van der Waals surface area contributed by atoms with Gasteiger partial charge in [-0.1, -0.05) is 29.8 Å². The molecule has 0 saturated carbocycles. The molecule has 8 heteroatoms. The lowest BCUT2D eigenvalue weighted by Gasteiger charge is -2.05. The summed E-state index contributed by atoms with van der Waals surface area (Å²) in [6.07, 6.45) is 0.499. The molecule has 0 bridgehead atoms. The molecule has 26 heavy (non-hydrogen) atoms. The predicted octanol–water partition coefficient (Wildman–Crippen LogP) is 3.73. The lowest BCUT2D eigenvalue weighted by molar-refractivity contribution is -0.116. The maximum Gasteiger partial charge on any atom is 0.254 e. The van der Waals surface area contributed by atoms with Gasteiger partial charge in [-0.05, 0) is 26.3 Å². The molecule has 6 nitrogen and oxygen atoms in total. The summed E-state index contributed by atoms with van der Waals surface area (Å²) in [5.41, 5.74) is 2.51. The SMILES string of the molecule is Cc1nc(C)c(CCC(=O)Nc2nc(-c3ccccc3Cl)cs2)c(=O)[nH]1. The number of nitrogens with zero attached hydrogens (tertiary/aromatic N) is 2. The molecule has 3 rings (SSSR count). The van der Waals surface area contributed by atoms with Crippen LogP contribution in [0.25, 0.3) is 11.3 Å². The van der Waals surface area contributed by atoms with Crippen molar-refractivity contribution in [2.75, 3.05) is 5.32 Å². The van der Waals surface area contributed by atoms with Gasteiger partial charge in [0, 0.05) is 33.6 Å². The molecule has 3 aromatic rings. The normalized spacial score (nSPS) is 10.7. The maximum absolute atomic E-state index is 12.2. The van der Waals surface area contributed by atoms with Gasteiger partial charge in [0.05, 0.1) is 5.69 Å². The van der Waals surface area contributed by atoms with Gasteiger partial charge in [-0.2, -0.15) is 0 Å². The second-order valence-corrected chi connectivity index (χ2v) is 7.05. The predicted molar refractivity (Wildman–Crippen MR) is 104 cm³/mol. The number of anilines is 1. The number of thiazole rings is 1. The van der Waals surface area contributed by atoms with Crippen LogP contribution in [0.1, 0.15) is 23.5 Å². The van der Waals surface area contributed by atoms with Crippen molar-refractivity contribution < 1.29 is 4.79 Å². The Hall–Kier alpha value is -2.51. The van der Waals surface area contributed by atoms with Crippen molar-refractivity contribution >= 4 is 34.0 Å². The highest BCUT2D eigenvalue weighted by molar-refractivity contribution is 7.14. The van der Waals surface area contributed by atoms with Gasteiger partial charge in [0.25, 0.3) is 5.56 Å². The van der Waals surface area contributed by atoms with E-state index in [2.05, 4.69) is 20.3 Å². The van der Waals surface area contributed by atoms with E-state index in [1.165, 1.54) is 11.3 Å². The number of carbonyl (C=O) groups is 1. The molecule has 0 aliphatic heterocycles. The Morgan fingerprint density at radius 1 is 1.27 bits per heavy atom. The monoisotopic (exact) mass is 388 g/mol. The van der Waals surface area contributed by atoms with Crippen molar-refractivity contribution in [3.63, 3.8) is 0 Å². The van der Waals surface area contributed by atoms with Gasteiger partial charge in [0.1, 0.15) is 5.82 Å². The number of halogens is 1. The number of aromatic nitrogens is 3. The van der Waals surface area contributed by atoms with Crippen LogP contribution in [0.5, 0.6) is 0 Å². The number of benzene rings is 1. The van der Waals surface area contributed by atoms with Crippen molar-refractivity contribution in [2.45, 2.75) is 26.7 Å². The minimum atomic E-state index is -0.204. The first-order chi connectivity index (χ1) is 12.4. The summed E-state index contributed by atoms with van der Waals surface area (Å²) >= 11 is 7.50. The average molecular weight is 389 g/mol. The van der Waals surface area contributed by atoms with E-state index in [4.69, 9.17) is 11.6 Å². The smallest absolute Gasteiger partial charge is 0.254 e. The fourth-order valence-corrected chi connectivity index (χ4v) is 3.55. The zero-order valence-corrected chi connectivity index (χ0v) is 15.9. The van der Waals surface area contributed by atoms with E-state index in [0.29, 0.717) is 39.4 Å². The average Bonchev–Trinajstić information content (AvgIpc) is 3.02. The van der Waals surface area contributed by atoms with Crippen molar-refractivity contribution in [1.82, 2.24) is 15.0 Å². The van der Waals surface area contributed by atoms with E-state index in [1.54, 1.807) is 19.9 Å². The minimum Gasteiger partial charge on any atom is -0.311 e. The van der Waals surface area contributed by atoms with Crippen LogP contribution < -0.4 is 10.9 Å². The molecule has 0 radical (unpaired) electrons. The highest BCUT2D eigenvalue weighted by Crippen LogP contribution is 2.30. The lowest BCUT2D eigenvalue weighted by Crippen LogP contribution is -2.20. The number of hydrogen-bond acceptors (Lipinski definition) is 5. The Kier molecular flexibility index (Phi) is 5.49. The fourth-order valence-electron chi connectivity index (χ4n) is 2.59. The van der Waals surface area contributed by atoms with E-state index in [-0.39, 0.29) is 17.9 Å². The summed E-state index contributed by atoms with van der Waals surface area (Å²) in [6, 6.07) is 7.41. The molecule has 2 N–H and O–H groups in total. The minimum absolute atomic E-state index is 0.176. The first-order valence-corrected chi connectivity index (χ1v) is 9.26. The number of rotatable bonds is 5. The first kappa shape index (κ1) is 18.3. The number of aromatic amines is 1. The molecule has 0 saturated heterocycles. The molecule has 0 aliphatic rings. The molecule has 0 fully saturated rings. The summed E-state index contributed by atoms with van der Waals surface area (Å²) in [5.74, 6) is 0.361. The Morgan fingerprint density at radius 2 is 2.04 bits per heavy atom. The fraction of sp³-hybridized carbons (Fsp3) is 0.222. The second kappa shape index (κ2) is 7.80. The van der Waals surface area contributed by atoms with E-state index in [0.717, 1.165) is 5.56 Å². The highest BCUT2D eigenvalue weighted by Gasteiger charge is 2.12. The molecule has 2 heterocycles. The van der Waals surface area contributed by atoms with Crippen LogP contribution in [0.4, 0.5) is 5.13 Å². The number of nitrogens with one attached hydrogen (secondary N) is 2. The Labute approximate surface area is 159 Å². The summed E-state index contributed by atoms with van der Waals surface area (Å²) in [6.45, 7) is 3.50. The maximum atomic E-state index is 12.2. The standard InChI is InChI=1S/C18H17ClN4O2S/c1-10-12(17(25)21-11(2)20-10)7-8-16(24)23-18-22-15(9-26-18)13-5-3-4-6-14(13)19/h3-6,9H,7-8H2,1-2H3,(H,20,21,25)(H,22,23,24). The number of carbonyl (C=O) groups excluding carboxylic acids is 1. The number of hydrogen-bond donors (Lipinski definition) is 2. The van der Waals surface area contributed by atoms with Gasteiger partial charge in [0.2, 0.25) is 5.91 Å². The largest absolute Gasteiger partial charge is 0.311 e. The molecule has 134 valence electrons.